The summed E-state index contributed by atoms with van der Waals surface area (Å²) >= 11 is 0. The largest absolute Gasteiger partial charge is 0.315 e. The zero-order valence-electron chi connectivity index (χ0n) is 14.1. The lowest BCUT2D eigenvalue weighted by Gasteiger charge is -2.31. The molecule has 2 saturated heterocycles. The van der Waals surface area contributed by atoms with E-state index in [1.165, 1.54) is 0 Å². The van der Waals surface area contributed by atoms with Crippen LogP contribution in [-0.2, 0) is 9.63 Å². The zero-order chi connectivity index (χ0) is 17.4. The molecule has 128 valence electrons. The molecule has 2 aliphatic rings. The summed E-state index contributed by atoms with van der Waals surface area (Å²) in [5.74, 6) is 0.0647. The Morgan fingerprint density at radius 1 is 1.08 bits per heavy atom. The van der Waals surface area contributed by atoms with E-state index in [1.807, 2.05) is 60.7 Å². The molecule has 5 heteroatoms. The molecule has 2 heterocycles. The third-order valence-electron chi connectivity index (χ3n) is 5.15. The van der Waals surface area contributed by atoms with Crippen molar-refractivity contribution in [2.24, 2.45) is 0 Å². The van der Waals surface area contributed by atoms with Gasteiger partial charge in [0.05, 0.1) is 5.69 Å². The fourth-order valence-corrected chi connectivity index (χ4v) is 3.68. The lowest BCUT2D eigenvalue weighted by Crippen LogP contribution is -2.43. The Kier molecular flexibility index (Phi) is 3.81. The summed E-state index contributed by atoms with van der Waals surface area (Å²) in [7, 11) is 1.76. The molecule has 1 spiro atoms. The minimum atomic E-state index is -0.734. The number of hydroxylamine groups is 1. The number of nitrogens with zero attached hydrogens (tertiary/aromatic N) is 2. The Morgan fingerprint density at radius 3 is 2.32 bits per heavy atom. The van der Waals surface area contributed by atoms with Crippen LogP contribution in [0.25, 0.3) is 0 Å². The summed E-state index contributed by atoms with van der Waals surface area (Å²) in [5.41, 5.74) is 0.740. The fourth-order valence-electron chi connectivity index (χ4n) is 3.68. The Bertz CT molecular complexity index is 793. The molecular weight excluding hydrogens is 316 g/mol. The number of ketones is 1. The first-order valence-electron chi connectivity index (χ1n) is 8.50. The molecule has 0 unspecified atom stereocenters. The quantitative estimate of drug-likeness (QED) is 0.809. The number of anilines is 1. The van der Waals surface area contributed by atoms with E-state index in [2.05, 4.69) is 0 Å². The van der Waals surface area contributed by atoms with Crippen molar-refractivity contribution in [3.8, 4) is 0 Å². The second-order valence-corrected chi connectivity index (χ2v) is 6.60. The van der Waals surface area contributed by atoms with Crippen molar-refractivity contribution in [3.05, 3.63) is 66.2 Å². The van der Waals surface area contributed by atoms with Gasteiger partial charge in [-0.05, 0) is 12.1 Å². The van der Waals surface area contributed by atoms with E-state index >= 15 is 0 Å². The Balaban J connectivity index is 1.72. The molecule has 0 aromatic heterocycles. The summed E-state index contributed by atoms with van der Waals surface area (Å²) in [6, 6.07) is 18.4. The normalized spacial score (nSPS) is 25.8. The molecule has 1 amide bonds. The van der Waals surface area contributed by atoms with Crippen molar-refractivity contribution in [2.75, 3.05) is 12.1 Å². The summed E-state index contributed by atoms with van der Waals surface area (Å²) in [6.45, 7) is 0. The number of carbonyl (C=O) groups is 2. The maximum atomic E-state index is 13.1. The maximum Gasteiger partial charge on any atom is 0.224 e. The van der Waals surface area contributed by atoms with E-state index < -0.39 is 11.8 Å². The highest BCUT2D eigenvalue weighted by molar-refractivity contribution is 6.02. The van der Waals surface area contributed by atoms with E-state index in [9.17, 15) is 9.59 Å². The van der Waals surface area contributed by atoms with Crippen molar-refractivity contribution < 1.29 is 14.4 Å². The van der Waals surface area contributed by atoms with Crippen LogP contribution in [0.1, 0.15) is 29.6 Å². The maximum absolute atomic E-state index is 13.1. The van der Waals surface area contributed by atoms with Crippen LogP contribution in [0.5, 0.6) is 0 Å². The highest BCUT2D eigenvalue weighted by Crippen LogP contribution is 2.44. The number of amides is 1. The van der Waals surface area contributed by atoms with Gasteiger partial charge >= 0.3 is 0 Å². The SMILES string of the molecule is CN1C(=O)CC[C@]12C[C@@H](C(=O)c1ccccc1)N(c1ccccc1)O2. The Morgan fingerprint density at radius 2 is 1.72 bits per heavy atom. The molecule has 0 saturated carbocycles. The molecule has 0 radical (unpaired) electrons. The van der Waals surface area contributed by atoms with Crippen LogP contribution >= 0.6 is 0 Å². The van der Waals surface area contributed by atoms with Gasteiger partial charge in [0, 0.05) is 31.9 Å². The third kappa shape index (κ3) is 2.61. The van der Waals surface area contributed by atoms with Crippen molar-refractivity contribution in [3.63, 3.8) is 0 Å². The number of likely N-dealkylation sites (tertiary alicyclic amines) is 1. The lowest BCUT2D eigenvalue weighted by atomic mass is 9.95. The van der Waals surface area contributed by atoms with Gasteiger partial charge in [0.25, 0.3) is 0 Å². The number of hydrogen-bond acceptors (Lipinski definition) is 4. The molecule has 2 aliphatic heterocycles. The van der Waals surface area contributed by atoms with Crippen molar-refractivity contribution >= 4 is 17.4 Å². The molecule has 0 bridgehead atoms. The van der Waals surface area contributed by atoms with Gasteiger partial charge in [0.1, 0.15) is 6.04 Å². The monoisotopic (exact) mass is 336 g/mol. The van der Waals surface area contributed by atoms with Gasteiger partial charge in [-0.3, -0.25) is 9.59 Å². The first kappa shape index (κ1) is 15.8. The Labute approximate surface area is 146 Å². The van der Waals surface area contributed by atoms with E-state index in [0.717, 1.165) is 5.69 Å². The predicted molar refractivity (Wildman–Crippen MR) is 93.9 cm³/mol. The van der Waals surface area contributed by atoms with E-state index in [-0.39, 0.29) is 11.7 Å². The van der Waals surface area contributed by atoms with Crippen molar-refractivity contribution in [1.29, 1.82) is 0 Å². The smallest absolute Gasteiger partial charge is 0.224 e. The number of rotatable bonds is 3. The number of Topliss-reactive ketones (excluding diaryl/α,β-unsaturated/α-hetero) is 1. The molecule has 2 aromatic carbocycles. The highest BCUT2D eigenvalue weighted by atomic mass is 16.7. The molecule has 2 atom stereocenters. The van der Waals surface area contributed by atoms with Gasteiger partial charge in [-0.2, -0.15) is 0 Å². The van der Waals surface area contributed by atoms with Crippen molar-refractivity contribution in [1.82, 2.24) is 4.90 Å². The first-order valence-corrected chi connectivity index (χ1v) is 8.50. The van der Waals surface area contributed by atoms with Gasteiger partial charge < -0.3 is 4.90 Å². The van der Waals surface area contributed by atoms with E-state index in [0.29, 0.717) is 24.8 Å². The van der Waals surface area contributed by atoms with Crippen molar-refractivity contribution in [2.45, 2.75) is 31.0 Å². The number of benzene rings is 2. The molecule has 25 heavy (non-hydrogen) atoms. The average Bonchev–Trinajstić information content (AvgIpc) is 3.19. The number of hydrogen-bond donors (Lipinski definition) is 0. The van der Waals surface area contributed by atoms with Crippen LogP contribution in [0.3, 0.4) is 0 Å². The van der Waals surface area contributed by atoms with E-state index in [4.69, 9.17) is 4.84 Å². The highest BCUT2D eigenvalue weighted by Gasteiger charge is 2.55. The first-order chi connectivity index (χ1) is 12.1. The summed E-state index contributed by atoms with van der Waals surface area (Å²) < 4.78 is 0. The minimum absolute atomic E-state index is 0.00840. The van der Waals surface area contributed by atoms with Crippen LogP contribution in [0.4, 0.5) is 5.69 Å². The predicted octanol–water partition coefficient (Wildman–Crippen LogP) is 3.03. The zero-order valence-corrected chi connectivity index (χ0v) is 14.1. The third-order valence-corrected chi connectivity index (χ3v) is 5.15. The van der Waals surface area contributed by atoms with Gasteiger partial charge in [0.2, 0.25) is 5.91 Å². The topological polar surface area (TPSA) is 49.9 Å². The molecule has 2 fully saturated rings. The van der Waals surface area contributed by atoms with Gasteiger partial charge in [-0.15, -0.1) is 0 Å². The minimum Gasteiger partial charge on any atom is -0.315 e. The van der Waals surface area contributed by atoms with Crippen LogP contribution in [-0.4, -0.2) is 35.4 Å². The average molecular weight is 336 g/mol. The summed E-state index contributed by atoms with van der Waals surface area (Å²) in [5, 5.41) is 1.68. The van der Waals surface area contributed by atoms with E-state index in [1.54, 1.807) is 17.0 Å². The second kappa shape index (κ2) is 6.01. The second-order valence-electron chi connectivity index (χ2n) is 6.60. The van der Waals surface area contributed by atoms with Gasteiger partial charge in [-0.25, -0.2) is 9.90 Å². The van der Waals surface area contributed by atoms with Gasteiger partial charge in [-0.1, -0.05) is 48.5 Å². The lowest BCUT2D eigenvalue weighted by molar-refractivity contribution is -0.145. The number of carbonyl (C=O) groups excluding carboxylic acids is 2. The van der Waals surface area contributed by atoms with Gasteiger partial charge in [0.15, 0.2) is 11.5 Å². The van der Waals surface area contributed by atoms with Crippen LogP contribution in [0.15, 0.2) is 60.7 Å². The molecule has 0 aliphatic carbocycles. The molecule has 0 N–H and O–H groups in total. The van der Waals surface area contributed by atoms with Crippen LogP contribution in [0, 0.1) is 0 Å². The van der Waals surface area contributed by atoms with Crippen LogP contribution in [0.2, 0.25) is 0 Å². The molecule has 2 aromatic rings. The summed E-state index contributed by atoms with van der Waals surface area (Å²) in [4.78, 5) is 33.1. The number of para-hydroxylation sites is 1. The Hall–Kier alpha value is -2.66. The molecular formula is C20H20N2O3. The standard InChI is InChI=1S/C20H20N2O3/c1-21-18(23)12-13-20(21)14-17(19(24)15-8-4-2-5-9-15)22(25-20)16-10-6-3-7-11-16/h2-11,17H,12-14H2,1H3/t17-,20-/m0/s1. The molecule has 4 rings (SSSR count). The van der Waals surface area contributed by atoms with Crippen LogP contribution < -0.4 is 5.06 Å². The summed E-state index contributed by atoms with van der Waals surface area (Å²) in [6.07, 6.45) is 1.52. The fraction of sp³-hybridized carbons (Fsp3) is 0.300. The molecule has 5 nitrogen and oxygen atoms in total.